The smallest absolute Gasteiger partial charge is 0.255 e. The van der Waals surface area contributed by atoms with E-state index in [1.165, 1.54) is 0 Å². The Morgan fingerprint density at radius 3 is 2.43 bits per heavy atom. The lowest BCUT2D eigenvalue weighted by molar-refractivity contribution is -0.132. The standard InChI is InChI=1S/C26H26N2O2/c1-19-9-8-12-21(15-19)18-28-24(29)23-14-7-6-13-22(23)16-26(28,2)25(30)27-17-20-10-4-3-5-11-20/h3-15H,16-18H2,1-2H3,(H,27,30). The fraction of sp³-hybridized carbons (Fsp3) is 0.231. The van der Waals surface area contributed by atoms with Gasteiger partial charge < -0.3 is 10.2 Å². The summed E-state index contributed by atoms with van der Waals surface area (Å²) in [6.45, 7) is 4.73. The van der Waals surface area contributed by atoms with Crippen molar-refractivity contribution in [3.63, 3.8) is 0 Å². The van der Waals surface area contributed by atoms with Crippen LogP contribution in [0.1, 0.15) is 39.5 Å². The summed E-state index contributed by atoms with van der Waals surface area (Å²) in [5.74, 6) is -0.238. The van der Waals surface area contributed by atoms with E-state index in [0.29, 0.717) is 25.1 Å². The highest BCUT2D eigenvalue weighted by Gasteiger charge is 2.46. The van der Waals surface area contributed by atoms with Gasteiger partial charge in [-0.15, -0.1) is 0 Å². The molecular weight excluding hydrogens is 372 g/mol. The van der Waals surface area contributed by atoms with E-state index >= 15 is 0 Å². The van der Waals surface area contributed by atoms with Crippen LogP contribution in [-0.2, 0) is 24.3 Å². The molecule has 1 atom stereocenters. The molecule has 0 aliphatic carbocycles. The van der Waals surface area contributed by atoms with E-state index in [9.17, 15) is 9.59 Å². The minimum Gasteiger partial charge on any atom is -0.350 e. The number of fused-ring (bicyclic) bond motifs is 1. The molecule has 0 radical (unpaired) electrons. The third kappa shape index (κ3) is 3.86. The molecule has 1 aliphatic heterocycles. The molecule has 0 fully saturated rings. The zero-order valence-corrected chi connectivity index (χ0v) is 17.4. The number of amides is 2. The van der Waals surface area contributed by atoms with Gasteiger partial charge in [-0.2, -0.15) is 0 Å². The first kappa shape index (κ1) is 19.9. The second-order valence-corrected chi connectivity index (χ2v) is 8.16. The Labute approximate surface area is 177 Å². The van der Waals surface area contributed by atoms with Crippen LogP contribution in [0.3, 0.4) is 0 Å². The maximum Gasteiger partial charge on any atom is 0.255 e. The summed E-state index contributed by atoms with van der Waals surface area (Å²) in [5, 5.41) is 3.05. The van der Waals surface area contributed by atoms with Crippen LogP contribution in [0.15, 0.2) is 78.9 Å². The van der Waals surface area contributed by atoms with Crippen LogP contribution in [0, 0.1) is 6.92 Å². The van der Waals surface area contributed by atoms with Gasteiger partial charge in [0, 0.05) is 25.1 Å². The first-order valence-corrected chi connectivity index (χ1v) is 10.2. The average molecular weight is 399 g/mol. The Kier molecular flexibility index (Phi) is 5.40. The molecule has 1 aliphatic rings. The number of nitrogens with one attached hydrogen (secondary N) is 1. The maximum absolute atomic E-state index is 13.4. The molecule has 4 nitrogen and oxygen atoms in total. The summed E-state index contributed by atoms with van der Waals surface area (Å²) in [6, 6.07) is 25.5. The van der Waals surface area contributed by atoms with Gasteiger partial charge >= 0.3 is 0 Å². The number of benzene rings is 3. The summed E-state index contributed by atoms with van der Waals surface area (Å²) in [5.41, 5.74) is 3.81. The molecule has 0 aromatic heterocycles. The molecule has 0 bridgehead atoms. The van der Waals surface area contributed by atoms with E-state index in [2.05, 4.69) is 11.4 Å². The zero-order chi connectivity index (χ0) is 21.1. The third-order valence-corrected chi connectivity index (χ3v) is 5.83. The van der Waals surface area contributed by atoms with Crippen LogP contribution in [0.4, 0.5) is 0 Å². The first-order valence-electron chi connectivity index (χ1n) is 10.2. The Balaban J connectivity index is 1.66. The van der Waals surface area contributed by atoms with Crippen molar-refractivity contribution in [2.24, 2.45) is 0 Å². The van der Waals surface area contributed by atoms with Crippen molar-refractivity contribution >= 4 is 11.8 Å². The van der Waals surface area contributed by atoms with Gasteiger partial charge in [0.05, 0.1) is 0 Å². The Hall–Kier alpha value is -3.40. The zero-order valence-electron chi connectivity index (χ0n) is 17.4. The van der Waals surface area contributed by atoms with Gasteiger partial charge in [-0.25, -0.2) is 0 Å². The molecule has 0 saturated heterocycles. The van der Waals surface area contributed by atoms with Crippen molar-refractivity contribution in [2.75, 3.05) is 0 Å². The molecule has 1 heterocycles. The Morgan fingerprint density at radius 2 is 1.67 bits per heavy atom. The van der Waals surface area contributed by atoms with Crippen molar-refractivity contribution in [1.82, 2.24) is 10.2 Å². The van der Waals surface area contributed by atoms with E-state index in [-0.39, 0.29) is 11.8 Å². The highest BCUT2D eigenvalue weighted by atomic mass is 16.2. The minimum absolute atomic E-state index is 0.101. The number of rotatable bonds is 5. The predicted molar refractivity (Wildman–Crippen MR) is 118 cm³/mol. The van der Waals surface area contributed by atoms with E-state index in [1.54, 1.807) is 4.90 Å². The van der Waals surface area contributed by atoms with Crippen molar-refractivity contribution in [2.45, 2.75) is 38.9 Å². The Bertz CT molecular complexity index is 1080. The van der Waals surface area contributed by atoms with Gasteiger partial charge in [0.1, 0.15) is 5.54 Å². The summed E-state index contributed by atoms with van der Waals surface area (Å²) in [4.78, 5) is 28.6. The fourth-order valence-corrected chi connectivity index (χ4v) is 4.13. The summed E-state index contributed by atoms with van der Waals surface area (Å²) < 4.78 is 0. The van der Waals surface area contributed by atoms with Gasteiger partial charge in [-0.05, 0) is 36.6 Å². The van der Waals surface area contributed by atoms with Gasteiger partial charge in [0.15, 0.2) is 0 Å². The largest absolute Gasteiger partial charge is 0.350 e. The SMILES string of the molecule is Cc1cccc(CN2C(=O)c3ccccc3CC2(C)C(=O)NCc2ccccc2)c1. The number of carbonyl (C=O) groups excluding carboxylic acids is 2. The van der Waals surface area contributed by atoms with Gasteiger partial charge in [-0.3, -0.25) is 9.59 Å². The van der Waals surface area contributed by atoms with Gasteiger partial charge in [0.2, 0.25) is 5.91 Å². The van der Waals surface area contributed by atoms with Crippen molar-refractivity contribution in [1.29, 1.82) is 0 Å². The Morgan fingerprint density at radius 1 is 0.967 bits per heavy atom. The molecule has 1 unspecified atom stereocenters. The molecule has 0 spiro atoms. The normalized spacial score (nSPS) is 18.1. The van der Waals surface area contributed by atoms with Crippen LogP contribution in [0.25, 0.3) is 0 Å². The second kappa shape index (κ2) is 8.15. The monoisotopic (exact) mass is 398 g/mol. The molecule has 3 aromatic rings. The van der Waals surface area contributed by atoms with Crippen LogP contribution in [0.5, 0.6) is 0 Å². The second-order valence-electron chi connectivity index (χ2n) is 8.16. The van der Waals surface area contributed by atoms with Gasteiger partial charge in [-0.1, -0.05) is 78.4 Å². The maximum atomic E-state index is 13.4. The molecule has 3 aromatic carbocycles. The highest BCUT2D eigenvalue weighted by molar-refractivity contribution is 6.02. The highest BCUT2D eigenvalue weighted by Crippen LogP contribution is 2.33. The van der Waals surface area contributed by atoms with E-state index in [4.69, 9.17) is 0 Å². The lowest BCUT2D eigenvalue weighted by atomic mass is 9.82. The van der Waals surface area contributed by atoms with Crippen LogP contribution < -0.4 is 5.32 Å². The topological polar surface area (TPSA) is 49.4 Å². The van der Waals surface area contributed by atoms with Gasteiger partial charge in [0.25, 0.3) is 5.91 Å². The molecule has 30 heavy (non-hydrogen) atoms. The molecule has 152 valence electrons. The van der Waals surface area contributed by atoms with E-state index in [1.807, 2.05) is 86.6 Å². The molecule has 2 amide bonds. The summed E-state index contributed by atoms with van der Waals surface area (Å²) in [6.07, 6.45) is 0.487. The number of aryl methyl sites for hydroxylation is 1. The fourth-order valence-electron chi connectivity index (χ4n) is 4.13. The molecule has 4 heteroatoms. The third-order valence-electron chi connectivity index (χ3n) is 5.83. The minimum atomic E-state index is -0.968. The lowest BCUT2D eigenvalue weighted by Gasteiger charge is -2.44. The molecule has 4 rings (SSSR count). The van der Waals surface area contributed by atoms with Crippen molar-refractivity contribution < 1.29 is 9.59 Å². The first-order chi connectivity index (χ1) is 14.5. The molecule has 1 N–H and O–H groups in total. The summed E-state index contributed by atoms with van der Waals surface area (Å²) >= 11 is 0. The van der Waals surface area contributed by atoms with E-state index < -0.39 is 5.54 Å². The van der Waals surface area contributed by atoms with Crippen LogP contribution in [-0.4, -0.2) is 22.3 Å². The predicted octanol–water partition coefficient (Wildman–Crippen LogP) is 4.27. The lowest BCUT2D eigenvalue weighted by Crippen LogP contribution is -2.62. The molecular formula is C26H26N2O2. The van der Waals surface area contributed by atoms with Crippen molar-refractivity contribution in [3.8, 4) is 0 Å². The van der Waals surface area contributed by atoms with Crippen LogP contribution in [0.2, 0.25) is 0 Å². The number of hydrogen-bond acceptors (Lipinski definition) is 2. The van der Waals surface area contributed by atoms with Crippen molar-refractivity contribution in [3.05, 3.63) is 107 Å². The number of nitrogens with zero attached hydrogens (tertiary/aromatic N) is 1. The number of hydrogen-bond donors (Lipinski definition) is 1. The number of carbonyl (C=O) groups is 2. The van der Waals surface area contributed by atoms with E-state index in [0.717, 1.165) is 22.3 Å². The van der Waals surface area contributed by atoms with Crippen LogP contribution >= 0.6 is 0 Å². The molecule has 0 saturated carbocycles. The summed E-state index contributed by atoms with van der Waals surface area (Å²) in [7, 11) is 0. The average Bonchev–Trinajstić information content (AvgIpc) is 2.76. The quantitative estimate of drug-likeness (QED) is 0.698.